The Morgan fingerprint density at radius 1 is 1.25 bits per heavy atom. The fourth-order valence-electron chi connectivity index (χ4n) is 2.61. The van der Waals surface area contributed by atoms with E-state index < -0.39 is 14.6 Å². The number of rotatable bonds is 8. The zero-order valence-electron chi connectivity index (χ0n) is 15.6. The Kier molecular flexibility index (Phi) is 10.1. The van der Waals surface area contributed by atoms with E-state index in [0.717, 1.165) is 19.6 Å². The van der Waals surface area contributed by atoms with Gasteiger partial charge in [0.1, 0.15) is 0 Å². The second kappa shape index (κ2) is 10.2. The number of hydrogen-bond donors (Lipinski definition) is 2. The fourth-order valence-corrected chi connectivity index (χ4v) is 3.60. The Labute approximate surface area is 164 Å². The summed E-state index contributed by atoms with van der Waals surface area (Å²) in [4.78, 5) is 4.18. The molecule has 0 bridgehead atoms. The molecule has 0 unspecified atom stereocenters. The highest BCUT2D eigenvalue weighted by Gasteiger charge is 2.36. The number of hydrogen-bond acceptors (Lipinski definition) is 4. The number of ether oxygens (including phenoxy) is 1. The summed E-state index contributed by atoms with van der Waals surface area (Å²) in [7, 11) is 0.324. The molecule has 0 radical (unpaired) electrons. The second-order valence-corrected chi connectivity index (χ2v) is 10.2. The Bertz CT molecular complexity index is 497. The summed E-state index contributed by atoms with van der Waals surface area (Å²) in [5.41, 5.74) is 0.297. The van der Waals surface area contributed by atoms with Crippen LogP contribution in [0.2, 0.25) is 0 Å². The van der Waals surface area contributed by atoms with Gasteiger partial charge in [-0.15, -0.1) is 24.0 Å². The van der Waals surface area contributed by atoms with E-state index in [-0.39, 0.29) is 29.7 Å². The Morgan fingerprint density at radius 2 is 1.88 bits per heavy atom. The quantitative estimate of drug-likeness (QED) is 0.320. The van der Waals surface area contributed by atoms with Crippen LogP contribution in [0.3, 0.4) is 0 Å². The van der Waals surface area contributed by atoms with E-state index in [1.807, 2.05) is 0 Å². The van der Waals surface area contributed by atoms with Gasteiger partial charge >= 0.3 is 0 Å². The van der Waals surface area contributed by atoms with Crippen molar-refractivity contribution in [1.29, 1.82) is 0 Å². The molecule has 0 aromatic rings. The lowest BCUT2D eigenvalue weighted by molar-refractivity contribution is 0.0733. The zero-order valence-corrected chi connectivity index (χ0v) is 18.8. The number of sulfone groups is 1. The van der Waals surface area contributed by atoms with Crippen molar-refractivity contribution in [1.82, 2.24) is 10.6 Å². The van der Waals surface area contributed by atoms with Crippen LogP contribution in [0, 0.1) is 5.41 Å². The average Bonchev–Trinajstić information content (AvgIpc) is 2.42. The van der Waals surface area contributed by atoms with Crippen molar-refractivity contribution in [2.24, 2.45) is 10.4 Å². The summed E-state index contributed by atoms with van der Waals surface area (Å²) < 4.78 is 28.7. The molecule has 8 heteroatoms. The van der Waals surface area contributed by atoms with Crippen LogP contribution in [-0.4, -0.2) is 58.7 Å². The van der Waals surface area contributed by atoms with Crippen molar-refractivity contribution in [3.8, 4) is 0 Å². The van der Waals surface area contributed by atoms with Crippen molar-refractivity contribution in [2.75, 3.05) is 39.6 Å². The zero-order chi connectivity index (χ0) is 17.6. The van der Waals surface area contributed by atoms with Crippen LogP contribution in [0.25, 0.3) is 0 Å². The maximum Gasteiger partial charge on any atom is 0.191 e. The van der Waals surface area contributed by atoms with Crippen LogP contribution in [0.1, 0.15) is 46.5 Å². The third kappa shape index (κ3) is 7.03. The van der Waals surface area contributed by atoms with Gasteiger partial charge in [0, 0.05) is 33.9 Å². The third-order valence-corrected chi connectivity index (χ3v) is 7.31. The number of halogens is 1. The monoisotopic (exact) mass is 475 g/mol. The summed E-state index contributed by atoms with van der Waals surface area (Å²) in [6, 6.07) is 0. The van der Waals surface area contributed by atoms with Gasteiger partial charge < -0.3 is 15.4 Å². The van der Waals surface area contributed by atoms with E-state index in [0.29, 0.717) is 17.9 Å². The van der Waals surface area contributed by atoms with E-state index in [4.69, 9.17) is 4.74 Å². The van der Waals surface area contributed by atoms with Crippen LogP contribution in [0.4, 0.5) is 0 Å². The first-order valence-electron chi connectivity index (χ1n) is 8.32. The van der Waals surface area contributed by atoms with Crippen LogP contribution < -0.4 is 10.6 Å². The number of nitrogens with one attached hydrogen (secondary N) is 2. The lowest BCUT2D eigenvalue weighted by Gasteiger charge is -2.42. The number of aliphatic imine (C=N–C) groups is 1. The van der Waals surface area contributed by atoms with Gasteiger partial charge in [0.2, 0.25) is 0 Å². The summed E-state index contributed by atoms with van der Waals surface area (Å²) >= 11 is 0. The first-order valence-corrected chi connectivity index (χ1v) is 9.97. The minimum absolute atomic E-state index is 0. The van der Waals surface area contributed by atoms with E-state index in [1.54, 1.807) is 34.9 Å². The molecule has 1 rings (SSSR count). The fraction of sp³-hybridized carbons (Fsp3) is 0.938. The highest BCUT2D eigenvalue weighted by Crippen LogP contribution is 2.43. The van der Waals surface area contributed by atoms with Crippen molar-refractivity contribution in [3.63, 3.8) is 0 Å². The lowest BCUT2D eigenvalue weighted by Crippen LogP contribution is -2.48. The first-order chi connectivity index (χ1) is 10.7. The predicted octanol–water partition coefficient (Wildman–Crippen LogP) is 2.19. The largest absolute Gasteiger partial charge is 0.385 e. The SMILES string of the molecule is CN=C(NCCS(=O)(=O)C(C)(C)C)NCC1(CCOC)CCC1.I. The molecule has 6 nitrogen and oxygen atoms in total. The molecule has 0 heterocycles. The van der Waals surface area contributed by atoms with Gasteiger partial charge in [0.25, 0.3) is 0 Å². The van der Waals surface area contributed by atoms with Crippen LogP contribution >= 0.6 is 24.0 Å². The van der Waals surface area contributed by atoms with Gasteiger partial charge in [0.15, 0.2) is 15.8 Å². The van der Waals surface area contributed by atoms with Crippen molar-refractivity contribution in [2.45, 2.75) is 51.2 Å². The van der Waals surface area contributed by atoms with Gasteiger partial charge in [-0.2, -0.15) is 0 Å². The average molecular weight is 475 g/mol. The van der Waals surface area contributed by atoms with Gasteiger partial charge in [-0.3, -0.25) is 4.99 Å². The van der Waals surface area contributed by atoms with Crippen molar-refractivity contribution in [3.05, 3.63) is 0 Å². The highest BCUT2D eigenvalue weighted by molar-refractivity contribution is 14.0. The maximum absolute atomic E-state index is 12.1. The lowest BCUT2D eigenvalue weighted by atomic mass is 9.67. The second-order valence-electron chi connectivity index (χ2n) is 7.38. The Balaban J connectivity index is 0.00000529. The van der Waals surface area contributed by atoms with Crippen LogP contribution in [-0.2, 0) is 14.6 Å². The summed E-state index contributed by atoms with van der Waals surface area (Å²) in [6.07, 6.45) is 4.73. The van der Waals surface area contributed by atoms with E-state index in [2.05, 4.69) is 15.6 Å². The van der Waals surface area contributed by atoms with Crippen molar-refractivity contribution < 1.29 is 13.2 Å². The number of methoxy groups -OCH3 is 1. The molecule has 0 aliphatic heterocycles. The van der Waals surface area contributed by atoms with Gasteiger partial charge in [-0.1, -0.05) is 6.42 Å². The topological polar surface area (TPSA) is 79.8 Å². The normalized spacial score (nSPS) is 17.6. The Morgan fingerprint density at radius 3 is 2.29 bits per heavy atom. The summed E-state index contributed by atoms with van der Waals surface area (Å²) in [5, 5.41) is 6.44. The van der Waals surface area contributed by atoms with E-state index >= 15 is 0 Å². The van der Waals surface area contributed by atoms with E-state index in [9.17, 15) is 8.42 Å². The maximum atomic E-state index is 12.1. The van der Waals surface area contributed by atoms with Gasteiger partial charge in [0.05, 0.1) is 10.5 Å². The summed E-state index contributed by atoms with van der Waals surface area (Å²) in [5.74, 6) is 0.768. The smallest absolute Gasteiger partial charge is 0.191 e. The molecule has 0 aromatic carbocycles. The van der Waals surface area contributed by atoms with Gasteiger partial charge in [-0.05, 0) is 45.4 Å². The molecule has 1 aliphatic carbocycles. The molecule has 1 saturated carbocycles. The molecule has 1 fully saturated rings. The summed E-state index contributed by atoms with van der Waals surface area (Å²) in [6.45, 7) is 7.17. The predicted molar refractivity (Wildman–Crippen MR) is 111 cm³/mol. The molecule has 1 aliphatic rings. The molecule has 0 amide bonds. The number of nitrogens with zero attached hydrogens (tertiary/aromatic N) is 1. The molecule has 0 spiro atoms. The first kappa shape index (κ1) is 23.9. The molecule has 0 aromatic heterocycles. The van der Waals surface area contributed by atoms with Crippen LogP contribution in [0.5, 0.6) is 0 Å². The van der Waals surface area contributed by atoms with Crippen molar-refractivity contribution >= 4 is 39.8 Å². The number of guanidine groups is 1. The Hall–Kier alpha value is -0.0900. The van der Waals surface area contributed by atoms with Gasteiger partial charge in [-0.25, -0.2) is 8.42 Å². The standard InChI is InChI=1S/C16H33N3O3S.HI/c1-15(2,3)23(20,21)12-10-18-14(17-4)19-13-16(7-6-8-16)9-11-22-5;/h6-13H2,1-5H3,(H2,17,18,19);1H. The molecule has 0 saturated heterocycles. The minimum atomic E-state index is -3.11. The van der Waals surface area contributed by atoms with Crippen LogP contribution in [0.15, 0.2) is 4.99 Å². The third-order valence-electron chi connectivity index (χ3n) is 4.70. The minimum Gasteiger partial charge on any atom is -0.385 e. The molecular weight excluding hydrogens is 441 g/mol. The molecular formula is C16H34IN3O3S. The highest BCUT2D eigenvalue weighted by atomic mass is 127. The molecule has 24 heavy (non-hydrogen) atoms. The molecule has 2 N–H and O–H groups in total. The molecule has 0 atom stereocenters. The molecule has 144 valence electrons. The van der Waals surface area contributed by atoms with E-state index in [1.165, 1.54) is 19.3 Å².